The first kappa shape index (κ1) is 10.1. The Hall–Kier alpha value is -0.0800. The van der Waals surface area contributed by atoms with Crippen molar-refractivity contribution in [3.8, 4) is 0 Å². The van der Waals surface area contributed by atoms with Crippen LogP contribution in [0.3, 0.4) is 0 Å². The normalized spacial score (nSPS) is 45.6. The first-order chi connectivity index (χ1) is 7.40. The molecule has 0 aromatic carbocycles. The summed E-state index contributed by atoms with van der Waals surface area (Å²) >= 11 is 0. The maximum absolute atomic E-state index is 5.85. The van der Waals surface area contributed by atoms with E-state index in [1.54, 1.807) is 0 Å². The van der Waals surface area contributed by atoms with Crippen molar-refractivity contribution in [2.45, 2.75) is 69.6 Å². The lowest BCUT2D eigenvalue weighted by atomic mass is 9.86. The Labute approximate surface area is 92.8 Å². The Kier molecular flexibility index (Phi) is 2.98. The maximum Gasteiger partial charge on any atom is 0.0577 e. The summed E-state index contributed by atoms with van der Waals surface area (Å²) in [5.74, 6) is 0.951. The predicted molar refractivity (Wildman–Crippen MR) is 60.9 cm³/mol. The molecule has 3 heterocycles. The third kappa shape index (κ3) is 2.36. The number of hydrogen-bond acceptors (Lipinski definition) is 2. The second-order valence-electron chi connectivity index (χ2n) is 5.70. The van der Waals surface area contributed by atoms with Crippen molar-refractivity contribution in [2.75, 3.05) is 6.61 Å². The lowest BCUT2D eigenvalue weighted by molar-refractivity contribution is -0.00282. The molecule has 3 rings (SSSR count). The Morgan fingerprint density at radius 3 is 2.47 bits per heavy atom. The molecule has 0 amide bonds. The average molecular weight is 209 g/mol. The summed E-state index contributed by atoms with van der Waals surface area (Å²) in [6, 6.07) is 1.69. The van der Waals surface area contributed by atoms with Crippen LogP contribution in [0.15, 0.2) is 0 Å². The van der Waals surface area contributed by atoms with Crippen LogP contribution >= 0.6 is 0 Å². The molecule has 3 aliphatic heterocycles. The summed E-state index contributed by atoms with van der Waals surface area (Å²) < 4.78 is 5.85. The SMILES string of the molecule is C1CCC(CC2CC3CCC(C2)N3)OC1. The molecule has 1 N–H and O–H groups in total. The molecule has 3 unspecified atom stereocenters. The molecule has 0 spiro atoms. The molecule has 86 valence electrons. The van der Waals surface area contributed by atoms with Crippen molar-refractivity contribution in [1.29, 1.82) is 0 Å². The van der Waals surface area contributed by atoms with Gasteiger partial charge in [-0.2, -0.15) is 0 Å². The van der Waals surface area contributed by atoms with Gasteiger partial charge in [0, 0.05) is 18.7 Å². The first-order valence-electron chi connectivity index (χ1n) is 6.78. The highest BCUT2D eigenvalue weighted by atomic mass is 16.5. The molecule has 0 saturated carbocycles. The lowest BCUT2D eigenvalue weighted by Crippen LogP contribution is -2.39. The van der Waals surface area contributed by atoms with Crippen LogP contribution in [0.1, 0.15) is 51.4 Å². The van der Waals surface area contributed by atoms with Gasteiger partial charge in [-0.3, -0.25) is 0 Å². The van der Waals surface area contributed by atoms with Crippen molar-refractivity contribution >= 4 is 0 Å². The second-order valence-corrected chi connectivity index (χ2v) is 5.70. The molecular formula is C13H23NO. The molecule has 3 aliphatic rings. The molecule has 0 aromatic heterocycles. The summed E-state index contributed by atoms with van der Waals surface area (Å²) in [5.41, 5.74) is 0. The van der Waals surface area contributed by atoms with E-state index in [1.807, 2.05) is 0 Å². The number of hydrogen-bond donors (Lipinski definition) is 1. The van der Waals surface area contributed by atoms with Gasteiger partial charge in [0.15, 0.2) is 0 Å². The van der Waals surface area contributed by atoms with Crippen molar-refractivity contribution < 1.29 is 4.74 Å². The Morgan fingerprint density at radius 1 is 1.00 bits per heavy atom. The van der Waals surface area contributed by atoms with Gasteiger partial charge < -0.3 is 10.1 Å². The van der Waals surface area contributed by atoms with E-state index in [0.717, 1.165) is 24.6 Å². The zero-order valence-corrected chi connectivity index (χ0v) is 9.58. The number of fused-ring (bicyclic) bond motifs is 2. The summed E-state index contributed by atoms with van der Waals surface area (Å²) in [7, 11) is 0. The number of rotatable bonds is 2. The van der Waals surface area contributed by atoms with E-state index in [-0.39, 0.29) is 0 Å². The molecule has 0 aromatic rings. The summed E-state index contributed by atoms with van der Waals surface area (Å²) in [6.45, 7) is 1.02. The standard InChI is InChI=1S/C13H23NO/c1-2-6-15-13(3-1)9-10-7-11-4-5-12(8-10)14-11/h10-14H,1-9H2. The molecule has 15 heavy (non-hydrogen) atoms. The van der Waals surface area contributed by atoms with E-state index < -0.39 is 0 Å². The minimum absolute atomic E-state index is 0.598. The molecule has 3 atom stereocenters. The van der Waals surface area contributed by atoms with Crippen LogP contribution in [0.4, 0.5) is 0 Å². The molecule has 2 heteroatoms. The van der Waals surface area contributed by atoms with Crippen LogP contribution in [0, 0.1) is 5.92 Å². The van der Waals surface area contributed by atoms with E-state index in [2.05, 4.69) is 5.32 Å². The zero-order chi connectivity index (χ0) is 10.1. The Bertz CT molecular complexity index is 201. The van der Waals surface area contributed by atoms with E-state index in [4.69, 9.17) is 4.74 Å². The molecule has 2 bridgehead atoms. The average Bonchev–Trinajstić information content (AvgIpc) is 2.60. The lowest BCUT2D eigenvalue weighted by Gasteiger charge is -2.32. The van der Waals surface area contributed by atoms with Gasteiger partial charge in [0.25, 0.3) is 0 Å². The largest absolute Gasteiger partial charge is 0.378 e. The minimum Gasteiger partial charge on any atom is -0.378 e. The fourth-order valence-corrected chi connectivity index (χ4v) is 3.73. The van der Waals surface area contributed by atoms with Crippen molar-refractivity contribution in [2.24, 2.45) is 5.92 Å². The number of nitrogens with one attached hydrogen (secondary N) is 1. The highest BCUT2D eigenvalue weighted by Crippen LogP contribution is 2.34. The van der Waals surface area contributed by atoms with Crippen molar-refractivity contribution in [1.82, 2.24) is 5.32 Å². The quantitative estimate of drug-likeness (QED) is 0.754. The van der Waals surface area contributed by atoms with Crippen LogP contribution < -0.4 is 5.32 Å². The molecule has 0 radical (unpaired) electrons. The van der Waals surface area contributed by atoms with E-state index in [1.165, 1.54) is 51.4 Å². The Balaban J connectivity index is 1.50. The fraction of sp³-hybridized carbons (Fsp3) is 1.00. The van der Waals surface area contributed by atoms with Gasteiger partial charge in [0.1, 0.15) is 0 Å². The summed E-state index contributed by atoms with van der Waals surface area (Å²) in [4.78, 5) is 0. The second kappa shape index (κ2) is 4.42. The predicted octanol–water partition coefficient (Wildman–Crippen LogP) is 2.48. The van der Waals surface area contributed by atoms with Crippen LogP contribution in [0.25, 0.3) is 0 Å². The molecule has 3 saturated heterocycles. The topological polar surface area (TPSA) is 21.3 Å². The van der Waals surface area contributed by atoms with Gasteiger partial charge in [-0.1, -0.05) is 0 Å². The van der Waals surface area contributed by atoms with Crippen molar-refractivity contribution in [3.05, 3.63) is 0 Å². The van der Waals surface area contributed by atoms with Gasteiger partial charge in [0.05, 0.1) is 6.10 Å². The number of ether oxygens (including phenoxy) is 1. The molecular weight excluding hydrogens is 186 g/mol. The van der Waals surface area contributed by atoms with E-state index in [9.17, 15) is 0 Å². The summed E-state index contributed by atoms with van der Waals surface area (Å²) in [5, 5.41) is 3.72. The minimum atomic E-state index is 0.598. The summed E-state index contributed by atoms with van der Waals surface area (Å²) in [6.07, 6.45) is 11.6. The van der Waals surface area contributed by atoms with Gasteiger partial charge in [-0.05, 0) is 57.3 Å². The third-order valence-corrected chi connectivity index (χ3v) is 4.44. The molecule has 3 fully saturated rings. The van der Waals surface area contributed by atoms with Crippen LogP contribution in [0.2, 0.25) is 0 Å². The van der Waals surface area contributed by atoms with Gasteiger partial charge in [-0.15, -0.1) is 0 Å². The fourth-order valence-electron chi connectivity index (χ4n) is 3.73. The van der Waals surface area contributed by atoms with E-state index >= 15 is 0 Å². The van der Waals surface area contributed by atoms with Crippen molar-refractivity contribution in [3.63, 3.8) is 0 Å². The molecule has 0 aliphatic carbocycles. The maximum atomic E-state index is 5.85. The highest BCUT2D eigenvalue weighted by molar-refractivity contribution is 4.92. The van der Waals surface area contributed by atoms with Crippen LogP contribution in [-0.2, 0) is 4.74 Å². The van der Waals surface area contributed by atoms with E-state index in [0.29, 0.717) is 6.10 Å². The third-order valence-electron chi connectivity index (χ3n) is 4.44. The highest BCUT2D eigenvalue weighted by Gasteiger charge is 2.34. The van der Waals surface area contributed by atoms with Gasteiger partial charge in [0.2, 0.25) is 0 Å². The first-order valence-corrected chi connectivity index (χ1v) is 6.78. The van der Waals surface area contributed by atoms with Gasteiger partial charge >= 0.3 is 0 Å². The van der Waals surface area contributed by atoms with Gasteiger partial charge in [-0.25, -0.2) is 0 Å². The van der Waals surface area contributed by atoms with Crippen LogP contribution in [-0.4, -0.2) is 24.8 Å². The monoisotopic (exact) mass is 209 g/mol. The number of piperidine rings is 1. The molecule has 2 nitrogen and oxygen atoms in total. The smallest absolute Gasteiger partial charge is 0.0577 e. The van der Waals surface area contributed by atoms with Crippen LogP contribution in [0.5, 0.6) is 0 Å². The Morgan fingerprint density at radius 2 is 1.80 bits per heavy atom. The zero-order valence-electron chi connectivity index (χ0n) is 9.58.